The first kappa shape index (κ1) is 14.3. The molecule has 0 bridgehead atoms. The van der Waals surface area contributed by atoms with Crippen molar-refractivity contribution in [2.45, 2.75) is 25.3 Å². The molecule has 3 rings (SSSR count). The number of nitrogens with zero attached hydrogens (tertiary/aromatic N) is 3. The third-order valence-corrected chi connectivity index (χ3v) is 4.75. The summed E-state index contributed by atoms with van der Waals surface area (Å²) in [6.45, 7) is 0.494. The van der Waals surface area contributed by atoms with E-state index in [1.54, 1.807) is 19.1 Å². The maximum Gasteiger partial charge on any atom is 0.323 e. The van der Waals surface area contributed by atoms with Crippen LogP contribution in [0, 0.1) is 0 Å². The summed E-state index contributed by atoms with van der Waals surface area (Å²) < 4.78 is 9.15. The van der Waals surface area contributed by atoms with E-state index in [0.29, 0.717) is 23.5 Å². The SMILES string of the molecule is COc1cc(CN(C)C(=O)Nc2nc(C3CC3)cs2)sn1. The zero-order valence-electron chi connectivity index (χ0n) is 11.8. The van der Waals surface area contributed by atoms with Crippen molar-refractivity contribution in [3.05, 3.63) is 22.0 Å². The van der Waals surface area contributed by atoms with Gasteiger partial charge in [0, 0.05) is 29.3 Å². The first-order valence-corrected chi connectivity index (χ1v) is 8.28. The van der Waals surface area contributed by atoms with Crippen LogP contribution >= 0.6 is 22.9 Å². The van der Waals surface area contributed by atoms with Gasteiger partial charge in [-0.15, -0.1) is 11.3 Å². The molecule has 1 aliphatic carbocycles. The molecule has 2 aromatic heterocycles. The molecule has 1 fully saturated rings. The monoisotopic (exact) mass is 324 g/mol. The van der Waals surface area contributed by atoms with E-state index < -0.39 is 0 Å². The lowest BCUT2D eigenvalue weighted by Crippen LogP contribution is -2.30. The minimum absolute atomic E-state index is 0.168. The van der Waals surface area contributed by atoms with Crippen molar-refractivity contribution in [2.24, 2.45) is 0 Å². The van der Waals surface area contributed by atoms with E-state index in [0.717, 1.165) is 10.6 Å². The third kappa shape index (κ3) is 3.51. The van der Waals surface area contributed by atoms with Gasteiger partial charge in [-0.2, -0.15) is 4.37 Å². The largest absolute Gasteiger partial charge is 0.480 e. The number of carbonyl (C=O) groups excluding carboxylic acids is 1. The number of hydrogen-bond donors (Lipinski definition) is 1. The summed E-state index contributed by atoms with van der Waals surface area (Å²) in [7, 11) is 3.33. The average molecular weight is 324 g/mol. The highest BCUT2D eigenvalue weighted by molar-refractivity contribution is 7.13. The molecule has 0 aromatic carbocycles. The van der Waals surface area contributed by atoms with Crippen LogP contribution in [0.1, 0.15) is 29.3 Å². The third-order valence-electron chi connectivity index (χ3n) is 3.22. The van der Waals surface area contributed by atoms with Crippen molar-refractivity contribution in [3.8, 4) is 5.88 Å². The Bertz CT molecular complexity index is 636. The number of aromatic nitrogens is 2. The van der Waals surface area contributed by atoms with Gasteiger partial charge >= 0.3 is 6.03 Å². The molecule has 0 radical (unpaired) electrons. The van der Waals surface area contributed by atoms with E-state index in [1.165, 1.54) is 35.7 Å². The Morgan fingerprint density at radius 1 is 1.57 bits per heavy atom. The Hall–Kier alpha value is -1.67. The summed E-state index contributed by atoms with van der Waals surface area (Å²) in [6.07, 6.45) is 2.43. The molecule has 8 heteroatoms. The maximum atomic E-state index is 12.1. The Kier molecular flexibility index (Phi) is 4.07. The van der Waals surface area contributed by atoms with Gasteiger partial charge in [0.2, 0.25) is 5.88 Å². The smallest absolute Gasteiger partial charge is 0.323 e. The van der Waals surface area contributed by atoms with Crippen LogP contribution in [0.4, 0.5) is 9.93 Å². The summed E-state index contributed by atoms with van der Waals surface area (Å²) in [4.78, 5) is 19.1. The molecule has 2 heterocycles. The molecule has 2 amide bonds. The molecule has 0 unspecified atom stereocenters. The fourth-order valence-corrected chi connectivity index (χ4v) is 3.39. The lowest BCUT2D eigenvalue weighted by Gasteiger charge is -2.15. The number of thiazole rings is 1. The second kappa shape index (κ2) is 5.98. The van der Waals surface area contributed by atoms with Crippen molar-refractivity contribution in [2.75, 3.05) is 19.5 Å². The summed E-state index contributed by atoms with van der Waals surface area (Å²) in [5.74, 6) is 1.19. The van der Waals surface area contributed by atoms with Gasteiger partial charge in [-0.25, -0.2) is 9.78 Å². The highest BCUT2D eigenvalue weighted by atomic mass is 32.1. The Morgan fingerprint density at radius 2 is 2.38 bits per heavy atom. The Balaban J connectivity index is 1.55. The van der Waals surface area contributed by atoms with Crippen LogP contribution in [-0.4, -0.2) is 34.4 Å². The molecule has 0 spiro atoms. The maximum absolute atomic E-state index is 12.1. The van der Waals surface area contributed by atoms with Crippen LogP contribution in [0.3, 0.4) is 0 Å². The highest BCUT2D eigenvalue weighted by Gasteiger charge is 2.26. The molecular formula is C13H16N4O2S2. The van der Waals surface area contributed by atoms with Crippen LogP contribution in [-0.2, 0) is 6.54 Å². The number of ether oxygens (including phenoxy) is 1. The molecule has 1 saturated carbocycles. The van der Waals surface area contributed by atoms with Gasteiger partial charge in [-0.05, 0) is 24.4 Å². The summed E-state index contributed by atoms with van der Waals surface area (Å²) in [6, 6.07) is 1.67. The summed E-state index contributed by atoms with van der Waals surface area (Å²) in [5.41, 5.74) is 1.10. The van der Waals surface area contributed by atoms with E-state index in [9.17, 15) is 4.79 Å². The number of urea groups is 1. The number of amides is 2. The number of methoxy groups -OCH3 is 1. The highest BCUT2D eigenvalue weighted by Crippen LogP contribution is 2.40. The first-order valence-electron chi connectivity index (χ1n) is 6.63. The minimum Gasteiger partial charge on any atom is -0.480 e. The fraction of sp³-hybridized carbons (Fsp3) is 0.462. The van der Waals surface area contributed by atoms with Gasteiger partial charge in [-0.1, -0.05) is 0 Å². The van der Waals surface area contributed by atoms with Crippen LogP contribution in [0.2, 0.25) is 0 Å². The van der Waals surface area contributed by atoms with Crippen LogP contribution < -0.4 is 10.1 Å². The second-order valence-electron chi connectivity index (χ2n) is 4.97. The Morgan fingerprint density at radius 3 is 3.05 bits per heavy atom. The van der Waals surface area contributed by atoms with E-state index in [1.807, 2.05) is 11.4 Å². The molecule has 21 heavy (non-hydrogen) atoms. The van der Waals surface area contributed by atoms with Crippen LogP contribution in [0.5, 0.6) is 5.88 Å². The molecule has 0 aliphatic heterocycles. The van der Waals surface area contributed by atoms with E-state index in [2.05, 4.69) is 14.7 Å². The molecule has 112 valence electrons. The Labute approximate surface area is 130 Å². The molecule has 0 atom stereocenters. The molecule has 1 aliphatic rings. The molecule has 0 saturated heterocycles. The average Bonchev–Trinajstić information content (AvgIpc) is 3.05. The molecular weight excluding hydrogens is 308 g/mol. The number of hydrogen-bond acceptors (Lipinski definition) is 6. The summed E-state index contributed by atoms with van der Waals surface area (Å²) >= 11 is 2.81. The number of carbonyl (C=O) groups is 1. The first-order chi connectivity index (χ1) is 10.2. The lowest BCUT2D eigenvalue weighted by molar-refractivity contribution is 0.221. The lowest BCUT2D eigenvalue weighted by atomic mass is 10.3. The molecule has 2 aromatic rings. The predicted octanol–water partition coefficient (Wildman–Crippen LogP) is 3.15. The molecule has 6 nitrogen and oxygen atoms in total. The quantitative estimate of drug-likeness (QED) is 0.917. The minimum atomic E-state index is -0.168. The van der Waals surface area contributed by atoms with Crippen molar-refractivity contribution < 1.29 is 9.53 Å². The fourth-order valence-electron chi connectivity index (χ4n) is 1.87. The zero-order valence-corrected chi connectivity index (χ0v) is 13.5. The second-order valence-corrected chi connectivity index (χ2v) is 6.72. The normalized spacial score (nSPS) is 14.0. The van der Waals surface area contributed by atoms with Crippen molar-refractivity contribution >= 4 is 34.0 Å². The van der Waals surface area contributed by atoms with Crippen LogP contribution in [0.25, 0.3) is 0 Å². The van der Waals surface area contributed by atoms with Gasteiger partial charge < -0.3 is 9.64 Å². The van der Waals surface area contributed by atoms with E-state index in [-0.39, 0.29) is 6.03 Å². The molecule has 1 N–H and O–H groups in total. The van der Waals surface area contributed by atoms with Crippen molar-refractivity contribution in [1.82, 2.24) is 14.3 Å². The summed E-state index contributed by atoms with van der Waals surface area (Å²) in [5, 5.41) is 5.52. The van der Waals surface area contributed by atoms with E-state index in [4.69, 9.17) is 4.74 Å². The zero-order chi connectivity index (χ0) is 14.8. The van der Waals surface area contributed by atoms with Gasteiger partial charge in [-0.3, -0.25) is 5.32 Å². The number of anilines is 1. The van der Waals surface area contributed by atoms with Crippen molar-refractivity contribution in [3.63, 3.8) is 0 Å². The topological polar surface area (TPSA) is 67.3 Å². The van der Waals surface area contributed by atoms with E-state index >= 15 is 0 Å². The number of nitrogens with one attached hydrogen (secondary N) is 1. The van der Waals surface area contributed by atoms with Gasteiger partial charge in [0.05, 0.1) is 19.3 Å². The predicted molar refractivity (Wildman–Crippen MR) is 83.2 cm³/mol. The van der Waals surface area contributed by atoms with Gasteiger partial charge in [0.1, 0.15) is 0 Å². The van der Waals surface area contributed by atoms with Crippen molar-refractivity contribution in [1.29, 1.82) is 0 Å². The number of rotatable bonds is 5. The standard InChI is InChI=1S/C13H16N4O2S2/c1-17(6-9-5-11(19-2)16-21-9)13(18)15-12-14-10(7-20-12)8-3-4-8/h5,7-8H,3-4,6H2,1-2H3,(H,14,15,18). The van der Waals surface area contributed by atoms with Crippen LogP contribution in [0.15, 0.2) is 11.4 Å². The van der Waals surface area contributed by atoms with Gasteiger partial charge in [0.15, 0.2) is 5.13 Å². The van der Waals surface area contributed by atoms with Gasteiger partial charge in [0.25, 0.3) is 0 Å².